The minimum atomic E-state index is -0.0502. The summed E-state index contributed by atoms with van der Waals surface area (Å²) in [5.41, 5.74) is 1.32. The third kappa shape index (κ3) is 56.2. The third-order valence-electron chi connectivity index (χ3n) is 4.21. The van der Waals surface area contributed by atoms with Gasteiger partial charge in [0.05, 0.1) is 13.1 Å². The fraction of sp³-hybridized carbons (Fsp3) is 0.727. The van der Waals surface area contributed by atoms with E-state index < -0.39 is 0 Å². The smallest absolute Gasteiger partial charge is 0.233 e. The molecule has 1 aromatic carbocycles. The average molecular weight is 572 g/mol. The van der Waals surface area contributed by atoms with E-state index in [0.29, 0.717) is 38.5 Å². The molecule has 3 N–H and O–H groups in total. The number of benzene rings is 1. The van der Waals surface area contributed by atoms with Gasteiger partial charge in [0.1, 0.15) is 11.6 Å². The van der Waals surface area contributed by atoms with Gasteiger partial charge in [0.25, 0.3) is 0 Å². The summed E-state index contributed by atoms with van der Waals surface area (Å²) >= 11 is 0. The van der Waals surface area contributed by atoms with Crippen LogP contribution in [0.3, 0.4) is 0 Å². The van der Waals surface area contributed by atoms with Crippen LogP contribution >= 0.6 is 0 Å². The van der Waals surface area contributed by atoms with Crippen LogP contribution in [-0.2, 0) is 19.1 Å². The normalized spacial score (nSPS) is 8.62. The maximum Gasteiger partial charge on any atom is 0.233 e. The molecule has 1 amide bonds. The summed E-state index contributed by atoms with van der Waals surface area (Å²) in [7, 11) is 1.68. The van der Waals surface area contributed by atoms with E-state index in [2.05, 4.69) is 39.7 Å². The quantitative estimate of drug-likeness (QED) is 0.250. The highest BCUT2D eigenvalue weighted by atomic mass is 16.5. The lowest BCUT2D eigenvalue weighted by Crippen LogP contribution is -2.34. The standard InChI is InChI=1S/C9H18N2O2.C8H17NO.C7H8.C3H8O.3C2H6/c1-3-8(12)5-6-11-9(13)7-10-4-2;1-6(2)8(10)5-9-7(3)4;1-7-5-3-2-4-6-7;1-3-4-2;3*1-2/h10H,3-7H2,1-2H3,(H,11,13);6-7,9H,5H2,1-4H3;2-6H,1H3;3H2,1-2H3;3*1-2H3. The molecule has 0 bridgehead atoms. The van der Waals surface area contributed by atoms with E-state index >= 15 is 0 Å². The van der Waals surface area contributed by atoms with E-state index in [9.17, 15) is 14.4 Å². The van der Waals surface area contributed by atoms with Gasteiger partial charge in [-0.1, -0.05) is 119 Å². The first-order valence-corrected chi connectivity index (χ1v) is 15.3. The highest BCUT2D eigenvalue weighted by Crippen LogP contribution is 1.93. The topological polar surface area (TPSA) is 96.5 Å². The van der Waals surface area contributed by atoms with Gasteiger partial charge in [0.2, 0.25) is 5.91 Å². The lowest BCUT2D eigenvalue weighted by atomic mass is 10.1. The molecule has 0 aliphatic rings. The molecule has 1 aromatic rings. The molecule has 0 heterocycles. The molecule has 0 unspecified atom stereocenters. The van der Waals surface area contributed by atoms with Crippen LogP contribution in [0.15, 0.2) is 30.3 Å². The molecule has 0 saturated carbocycles. The summed E-state index contributed by atoms with van der Waals surface area (Å²) < 4.78 is 4.54. The van der Waals surface area contributed by atoms with Crippen molar-refractivity contribution in [2.75, 3.05) is 39.9 Å². The first kappa shape index (κ1) is 50.7. The Morgan fingerprint density at radius 3 is 1.60 bits per heavy atom. The van der Waals surface area contributed by atoms with Gasteiger partial charge in [-0.25, -0.2) is 0 Å². The maximum absolute atomic E-state index is 11.0. The van der Waals surface area contributed by atoms with Crippen molar-refractivity contribution in [3.8, 4) is 0 Å². The Labute approximate surface area is 250 Å². The van der Waals surface area contributed by atoms with Crippen LogP contribution in [0.25, 0.3) is 0 Å². The van der Waals surface area contributed by atoms with Crippen molar-refractivity contribution in [1.29, 1.82) is 0 Å². The van der Waals surface area contributed by atoms with Crippen LogP contribution in [0, 0.1) is 12.8 Å². The fourth-order valence-electron chi connectivity index (χ4n) is 1.86. The molecule has 0 aromatic heterocycles. The van der Waals surface area contributed by atoms with Crippen molar-refractivity contribution in [2.45, 2.75) is 116 Å². The summed E-state index contributed by atoms with van der Waals surface area (Å²) in [6.07, 6.45) is 0.984. The monoisotopic (exact) mass is 572 g/mol. The van der Waals surface area contributed by atoms with Crippen LogP contribution < -0.4 is 16.0 Å². The Morgan fingerprint density at radius 2 is 1.30 bits per heavy atom. The molecule has 0 aliphatic carbocycles. The molecule has 7 heteroatoms. The number of hydrogen-bond donors (Lipinski definition) is 3. The predicted molar refractivity (Wildman–Crippen MR) is 177 cm³/mol. The number of carbonyl (C=O) groups excluding carboxylic acids is 3. The number of ether oxygens (including phenoxy) is 1. The number of carbonyl (C=O) groups is 3. The van der Waals surface area contributed by atoms with Crippen molar-refractivity contribution in [3.05, 3.63) is 35.9 Å². The van der Waals surface area contributed by atoms with Crippen LogP contribution in [0.4, 0.5) is 0 Å². The molecule has 1 rings (SSSR count). The van der Waals surface area contributed by atoms with E-state index in [-0.39, 0.29) is 23.4 Å². The zero-order chi connectivity index (χ0) is 32.8. The number of nitrogens with one attached hydrogen (secondary N) is 3. The van der Waals surface area contributed by atoms with Crippen molar-refractivity contribution >= 4 is 17.5 Å². The van der Waals surface area contributed by atoms with Gasteiger partial charge in [-0.3, -0.25) is 14.4 Å². The summed E-state index contributed by atoms with van der Waals surface area (Å²) in [6, 6.07) is 10.7. The summed E-state index contributed by atoms with van der Waals surface area (Å²) in [6.45, 7) is 30.6. The van der Waals surface area contributed by atoms with Crippen LogP contribution in [0.1, 0.15) is 108 Å². The van der Waals surface area contributed by atoms with E-state index in [1.165, 1.54) is 5.56 Å². The van der Waals surface area contributed by atoms with E-state index in [4.69, 9.17) is 0 Å². The van der Waals surface area contributed by atoms with Gasteiger partial charge in [-0.05, 0) is 20.4 Å². The minimum Gasteiger partial charge on any atom is -0.385 e. The number of methoxy groups -OCH3 is 1. The van der Waals surface area contributed by atoms with E-state index in [0.717, 1.165) is 13.2 Å². The van der Waals surface area contributed by atoms with Gasteiger partial charge >= 0.3 is 0 Å². The van der Waals surface area contributed by atoms with Crippen molar-refractivity contribution in [1.82, 2.24) is 16.0 Å². The highest BCUT2D eigenvalue weighted by molar-refractivity contribution is 5.82. The largest absolute Gasteiger partial charge is 0.385 e. The predicted octanol–water partition coefficient (Wildman–Crippen LogP) is 7.02. The Morgan fingerprint density at radius 1 is 0.825 bits per heavy atom. The maximum atomic E-state index is 11.0. The molecule has 240 valence electrons. The number of ketones is 2. The van der Waals surface area contributed by atoms with Crippen LogP contribution in [0.5, 0.6) is 0 Å². The van der Waals surface area contributed by atoms with Crippen molar-refractivity contribution in [3.63, 3.8) is 0 Å². The fourth-order valence-corrected chi connectivity index (χ4v) is 1.86. The molecule has 7 nitrogen and oxygen atoms in total. The van der Waals surface area contributed by atoms with Gasteiger partial charge in [-0.2, -0.15) is 0 Å². The molecule has 0 aliphatic heterocycles. The highest BCUT2D eigenvalue weighted by Gasteiger charge is 2.06. The second kappa shape index (κ2) is 46.7. The van der Waals surface area contributed by atoms with Crippen LogP contribution in [-0.4, -0.2) is 63.4 Å². The molecular weight excluding hydrogens is 502 g/mol. The van der Waals surface area contributed by atoms with Gasteiger partial charge in [0.15, 0.2) is 0 Å². The first-order valence-electron chi connectivity index (χ1n) is 15.3. The second-order valence-corrected chi connectivity index (χ2v) is 8.16. The van der Waals surface area contributed by atoms with Gasteiger partial charge in [0, 0.05) is 45.1 Å². The lowest BCUT2D eigenvalue weighted by molar-refractivity contribution is -0.122. The SMILES string of the molecule is CC.CC.CC.CC(C)NCC(=O)C(C)C.CCNCC(=O)NCCC(=O)CC.CCOC.Cc1ccccc1. The molecule has 40 heavy (non-hydrogen) atoms. The van der Waals surface area contributed by atoms with Crippen molar-refractivity contribution < 1.29 is 19.1 Å². The average Bonchev–Trinajstić information content (AvgIpc) is 2.98. The Balaban J connectivity index is -0.0000000951. The zero-order valence-corrected chi connectivity index (χ0v) is 29.1. The van der Waals surface area contributed by atoms with Crippen molar-refractivity contribution in [2.24, 2.45) is 5.92 Å². The number of aryl methyl sites for hydroxylation is 1. The number of Topliss-reactive ketones (excluding diaryl/α,β-unsaturated/α-hetero) is 2. The van der Waals surface area contributed by atoms with E-state index in [1.807, 2.05) is 108 Å². The lowest BCUT2D eigenvalue weighted by Gasteiger charge is -2.08. The molecule has 0 radical (unpaired) electrons. The Kier molecular flexibility index (Phi) is 59.3. The molecule has 0 atom stereocenters. The number of amides is 1. The second-order valence-electron chi connectivity index (χ2n) is 8.16. The third-order valence-corrected chi connectivity index (χ3v) is 4.21. The number of likely N-dealkylation sites (N-methyl/N-ethyl adjacent to an activating group) is 1. The summed E-state index contributed by atoms with van der Waals surface area (Å²) in [5.74, 6) is 0.578. The first-order chi connectivity index (χ1) is 19.0. The van der Waals surface area contributed by atoms with Crippen LogP contribution in [0.2, 0.25) is 0 Å². The number of hydrogen-bond acceptors (Lipinski definition) is 6. The molecular formula is C33H69N3O4. The Bertz CT molecular complexity index is 605. The Hall–Kier alpha value is -2.09. The number of rotatable bonds is 12. The molecule has 0 spiro atoms. The molecule has 0 saturated heterocycles. The van der Waals surface area contributed by atoms with Gasteiger partial charge in [-0.15, -0.1) is 0 Å². The zero-order valence-electron chi connectivity index (χ0n) is 29.1. The molecule has 0 fully saturated rings. The summed E-state index contributed by atoms with van der Waals surface area (Å²) in [4.78, 5) is 32.8. The van der Waals surface area contributed by atoms with E-state index in [1.54, 1.807) is 7.11 Å². The van der Waals surface area contributed by atoms with Gasteiger partial charge < -0.3 is 20.7 Å². The minimum absolute atomic E-state index is 0.0502. The summed E-state index contributed by atoms with van der Waals surface area (Å²) in [5, 5.41) is 8.64.